The molecule has 0 saturated heterocycles. The first-order chi connectivity index (χ1) is 12.6. The Hall–Kier alpha value is -2.79. The Balaban J connectivity index is 1.75. The molecular weight excluding hydrogens is 352 g/mol. The van der Waals surface area contributed by atoms with Crippen molar-refractivity contribution in [2.45, 2.75) is 12.8 Å². The molecule has 6 heteroatoms. The first-order valence-corrected chi connectivity index (χ1v) is 8.76. The molecule has 0 saturated carbocycles. The monoisotopic (exact) mass is 368 g/mol. The SMILES string of the molecule is COC(=O)c1cccc2c1CCCN2C(=O)c1cc2cc(Cl)ccc2[nH]1. The minimum atomic E-state index is -0.378. The van der Waals surface area contributed by atoms with E-state index in [1.165, 1.54) is 7.11 Å². The largest absolute Gasteiger partial charge is 0.465 e. The zero-order chi connectivity index (χ0) is 18.3. The van der Waals surface area contributed by atoms with Crippen LogP contribution < -0.4 is 4.90 Å². The molecule has 0 fully saturated rings. The molecule has 0 atom stereocenters. The summed E-state index contributed by atoms with van der Waals surface area (Å²) in [5, 5.41) is 1.52. The molecule has 0 radical (unpaired) electrons. The van der Waals surface area contributed by atoms with Crippen molar-refractivity contribution in [3.8, 4) is 0 Å². The second-order valence-electron chi connectivity index (χ2n) is 6.27. The van der Waals surface area contributed by atoms with Gasteiger partial charge in [-0.05, 0) is 54.8 Å². The number of aromatic amines is 1. The fourth-order valence-electron chi connectivity index (χ4n) is 3.50. The number of fused-ring (bicyclic) bond motifs is 2. The second kappa shape index (κ2) is 6.50. The van der Waals surface area contributed by atoms with E-state index in [4.69, 9.17) is 16.3 Å². The van der Waals surface area contributed by atoms with Crippen LogP contribution in [0.1, 0.15) is 32.8 Å². The number of hydrogen-bond donors (Lipinski definition) is 1. The minimum absolute atomic E-state index is 0.125. The molecule has 3 aromatic rings. The van der Waals surface area contributed by atoms with Gasteiger partial charge in [0, 0.05) is 28.2 Å². The van der Waals surface area contributed by atoms with Gasteiger partial charge < -0.3 is 14.6 Å². The van der Waals surface area contributed by atoms with Crippen molar-refractivity contribution in [1.29, 1.82) is 0 Å². The fourth-order valence-corrected chi connectivity index (χ4v) is 3.68. The number of halogens is 1. The lowest BCUT2D eigenvalue weighted by Gasteiger charge is -2.30. The van der Waals surface area contributed by atoms with Crippen molar-refractivity contribution in [3.63, 3.8) is 0 Å². The van der Waals surface area contributed by atoms with Gasteiger partial charge in [0.15, 0.2) is 0 Å². The smallest absolute Gasteiger partial charge is 0.338 e. The van der Waals surface area contributed by atoms with Gasteiger partial charge in [0.1, 0.15) is 5.69 Å². The normalized spacial score (nSPS) is 13.5. The molecule has 4 rings (SSSR count). The molecule has 0 aliphatic carbocycles. The summed E-state index contributed by atoms with van der Waals surface area (Å²) < 4.78 is 4.87. The number of carbonyl (C=O) groups excluding carboxylic acids is 2. The molecule has 1 amide bonds. The standard InChI is InChI=1S/C20H17ClN2O3/c1-26-20(25)15-4-2-6-18-14(15)5-3-9-23(18)19(24)17-11-12-10-13(21)7-8-16(12)22-17/h2,4,6-8,10-11,22H,3,5,9H2,1H3. The van der Waals surface area contributed by atoms with Crippen LogP contribution in [0.5, 0.6) is 0 Å². The Morgan fingerprint density at radius 1 is 1.19 bits per heavy atom. The Morgan fingerprint density at radius 3 is 2.85 bits per heavy atom. The van der Waals surface area contributed by atoms with Crippen molar-refractivity contribution in [3.05, 3.63) is 64.3 Å². The van der Waals surface area contributed by atoms with Gasteiger partial charge >= 0.3 is 5.97 Å². The third-order valence-electron chi connectivity index (χ3n) is 4.71. The lowest BCUT2D eigenvalue weighted by Crippen LogP contribution is -2.36. The van der Waals surface area contributed by atoms with E-state index in [1.54, 1.807) is 23.1 Å². The van der Waals surface area contributed by atoms with Crippen LogP contribution in [0.15, 0.2) is 42.5 Å². The van der Waals surface area contributed by atoms with Crippen molar-refractivity contribution >= 4 is 40.1 Å². The first kappa shape index (κ1) is 16.7. The molecule has 1 N–H and O–H groups in total. The second-order valence-corrected chi connectivity index (χ2v) is 6.71. The highest BCUT2D eigenvalue weighted by Crippen LogP contribution is 2.32. The molecule has 132 valence electrons. The van der Waals surface area contributed by atoms with Crippen LogP contribution in [-0.4, -0.2) is 30.5 Å². The molecule has 1 aromatic heterocycles. The molecule has 2 aromatic carbocycles. The Labute approximate surface area is 155 Å². The van der Waals surface area contributed by atoms with Gasteiger partial charge in [-0.25, -0.2) is 4.79 Å². The topological polar surface area (TPSA) is 62.4 Å². The number of methoxy groups -OCH3 is 1. The molecule has 0 bridgehead atoms. The van der Waals surface area contributed by atoms with E-state index in [0.717, 1.165) is 35.0 Å². The van der Waals surface area contributed by atoms with Crippen LogP contribution in [-0.2, 0) is 11.2 Å². The number of H-pyrrole nitrogens is 1. The van der Waals surface area contributed by atoms with Gasteiger partial charge in [-0.2, -0.15) is 0 Å². The maximum Gasteiger partial charge on any atom is 0.338 e. The molecule has 0 unspecified atom stereocenters. The number of esters is 1. The average molecular weight is 369 g/mol. The number of benzene rings is 2. The summed E-state index contributed by atoms with van der Waals surface area (Å²) in [6.07, 6.45) is 1.53. The minimum Gasteiger partial charge on any atom is -0.465 e. The van der Waals surface area contributed by atoms with Crippen LogP contribution in [0.2, 0.25) is 5.02 Å². The summed E-state index contributed by atoms with van der Waals surface area (Å²) in [4.78, 5) is 30.0. The number of anilines is 1. The van der Waals surface area contributed by atoms with E-state index in [9.17, 15) is 9.59 Å². The number of ether oxygens (including phenoxy) is 1. The van der Waals surface area contributed by atoms with Crippen LogP contribution >= 0.6 is 11.6 Å². The van der Waals surface area contributed by atoms with Gasteiger partial charge in [-0.3, -0.25) is 4.79 Å². The van der Waals surface area contributed by atoms with Crippen LogP contribution in [0, 0.1) is 0 Å². The fraction of sp³-hybridized carbons (Fsp3) is 0.200. The summed E-state index contributed by atoms with van der Waals surface area (Å²) in [7, 11) is 1.36. The Bertz CT molecular complexity index is 1030. The lowest BCUT2D eigenvalue weighted by molar-refractivity contribution is 0.0599. The van der Waals surface area contributed by atoms with Crippen LogP contribution in [0.25, 0.3) is 10.9 Å². The zero-order valence-electron chi connectivity index (χ0n) is 14.2. The number of aromatic nitrogens is 1. The summed E-state index contributed by atoms with van der Waals surface area (Å²) >= 11 is 6.03. The highest BCUT2D eigenvalue weighted by Gasteiger charge is 2.27. The number of hydrogen-bond acceptors (Lipinski definition) is 3. The summed E-state index contributed by atoms with van der Waals surface area (Å²) in [6.45, 7) is 0.604. The Morgan fingerprint density at radius 2 is 2.04 bits per heavy atom. The van der Waals surface area contributed by atoms with Crippen LogP contribution in [0.3, 0.4) is 0 Å². The number of rotatable bonds is 2. The van der Waals surface area contributed by atoms with Gasteiger partial charge in [0.2, 0.25) is 0 Å². The zero-order valence-corrected chi connectivity index (χ0v) is 15.0. The predicted octanol–water partition coefficient (Wildman–Crippen LogP) is 4.20. The molecule has 0 spiro atoms. The summed E-state index contributed by atoms with van der Waals surface area (Å²) in [5.41, 5.74) is 3.50. The third-order valence-corrected chi connectivity index (χ3v) is 4.95. The first-order valence-electron chi connectivity index (χ1n) is 8.39. The summed E-state index contributed by atoms with van der Waals surface area (Å²) in [6, 6.07) is 12.7. The van der Waals surface area contributed by atoms with E-state index in [1.807, 2.05) is 24.3 Å². The van der Waals surface area contributed by atoms with Crippen molar-refractivity contribution < 1.29 is 14.3 Å². The molecule has 2 heterocycles. The highest BCUT2D eigenvalue weighted by atomic mass is 35.5. The number of nitrogens with one attached hydrogen (secondary N) is 1. The van der Waals surface area contributed by atoms with E-state index < -0.39 is 0 Å². The molecular formula is C20H17ClN2O3. The molecule has 1 aliphatic heterocycles. The average Bonchev–Trinajstić information content (AvgIpc) is 3.09. The van der Waals surface area contributed by atoms with Gasteiger partial charge in [-0.1, -0.05) is 17.7 Å². The van der Waals surface area contributed by atoms with Gasteiger partial charge in [-0.15, -0.1) is 0 Å². The van der Waals surface area contributed by atoms with E-state index in [-0.39, 0.29) is 11.9 Å². The lowest BCUT2D eigenvalue weighted by atomic mass is 9.96. The third kappa shape index (κ3) is 2.74. The maximum absolute atomic E-state index is 13.1. The van der Waals surface area contributed by atoms with E-state index >= 15 is 0 Å². The number of nitrogens with zero attached hydrogens (tertiary/aromatic N) is 1. The van der Waals surface area contributed by atoms with Gasteiger partial charge in [0.25, 0.3) is 5.91 Å². The summed E-state index contributed by atoms with van der Waals surface area (Å²) in [5.74, 6) is -0.503. The maximum atomic E-state index is 13.1. The Kier molecular flexibility index (Phi) is 4.17. The molecule has 26 heavy (non-hydrogen) atoms. The quantitative estimate of drug-likeness (QED) is 0.689. The number of carbonyl (C=O) groups is 2. The van der Waals surface area contributed by atoms with Crippen molar-refractivity contribution in [2.75, 3.05) is 18.6 Å². The highest BCUT2D eigenvalue weighted by molar-refractivity contribution is 6.31. The molecule has 1 aliphatic rings. The predicted molar refractivity (Wildman–Crippen MR) is 101 cm³/mol. The van der Waals surface area contributed by atoms with Crippen molar-refractivity contribution in [2.24, 2.45) is 0 Å². The molecule has 5 nitrogen and oxygen atoms in total. The number of amides is 1. The van der Waals surface area contributed by atoms with Gasteiger partial charge in [0.05, 0.1) is 12.7 Å². The van der Waals surface area contributed by atoms with Crippen molar-refractivity contribution in [1.82, 2.24) is 4.98 Å². The van der Waals surface area contributed by atoms with E-state index in [0.29, 0.717) is 22.8 Å². The van der Waals surface area contributed by atoms with Crippen LogP contribution in [0.4, 0.5) is 5.69 Å². The van der Waals surface area contributed by atoms with E-state index in [2.05, 4.69) is 4.98 Å².